The predicted octanol–water partition coefficient (Wildman–Crippen LogP) is 3.70. The van der Waals surface area contributed by atoms with Crippen molar-refractivity contribution in [3.63, 3.8) is 0 Å². The van der Waals surface area contributed by atoms with Gasteiger partial charge in [-0.3, -0.25) is 0 Å². The van der Waals surface area contributed by atoms with Gasteiger partial charge in [0.2, 0.25) is 0 Å². The number of nitrogens with one attached hydrogen (secondary N) is 2. The normalized spacial score (nSPS) is 16.5. The lowest BCUT2D eigenvalue weighted by atomic mass is 10.00. The fourth-order valence-electron chi connectivity index (χ4n) is 2.72. The molecule has 0 aliphatic heterocycles. The van der Waals surface area contributed by atoms with Crippen LogP contribution in [0.25, 0.3) is 0 Å². The van der Waals surface area contributed by atoms with Gasteiger partial charge in [-0.1, -0.05) is 60.7 Å². The topological polar surface area (TPSA) is 33.3 Å². The Bertz CT molecular complexity index is 507. The number of likely N-dealkylation sites (N-methyl/N-ethyl adjacent to an activating group) is 2. The Morgan fingerprint density at radius 3 is 1.30 bits per heavy atom. The van der Waals surface area contributed by atoms with E-state index in [0.717, 1.165) is 0 Å². The highest BCUT2D eigenvalue weighted by Gasteiger charge is 2.27. The molecule has 2 aromatic carbocycles. The minimum absolute atomic E-state index is 0.0118. The highest BCUT2D eigenvalue weighted by molar-refractivity contribution is 5.22. The van der Waals surface area contributed by atoms with Crippen LogP contribution in [0.2, 0.25) is 0 Å². The van der Waals surface area contributed by atoms with Gasteiger partial charge in [-0.2, -0.15) is 0 Å². The second-order valence-electron chi connectivity index (χ2n) is 5.95. The van der Waals surface area contributed by atoms with E-state index in [4.69, 9.17) is 4.74 Å². The van der Waals surface area contributed by atoms with E-state index in [9.17, 15) is 0 Å². The maximum atomic E-state index is 6.60. The third-order valence-electron chi connectivity index (χ3n) is 4.37. The van der Waals surface area contributed by atoms with E-state index in [-0.39, 0.29) is 24.3 Å². The zero-order valence-corrected chi connectivity index (χ0v) is 14.5. The van der Waals surface area contributed by atoms with Crippen LogP contribution in [0.5, 0.6) is 0 Å². The molecule has 0 bridgehead atoms. The molecule has 23 heavy (non-hydrogen) atoms. The van der Waals surface area contributed by atoms with Crippen molar-refractivity contribution in [1.29, 1.82) is 0 Å². The minimum atomic E-state index is -0.0118. The Labute approximate surface area is 140 Å². The molecular weight excluding hydrogens is 284 g/mol. The summed E-state index contributed by atoms with van der Waals surface area (Å²) in [5, 5.41) is 6.66. The maximum absolute atomic E-state index is 6.60. The molecule has 4 unspecified atom stereocenters. The average molecular weight is 312 g/mol. The molecule has 2 N–H and O–H groups in total. The Morgan fingerprint density at radius 1 is 0.652 bits per heavy atom. The van der Waals surface area contributed by atoms with Gasteiger partial charge in [0.1, 0.15) is 0 Å². The van der Waals surface area contributed by atoms with E-state index < -0.39 is 0 Å². The number of hydrogen-bond donors (Lipinski definition) is 2. The maximum Gasteiger partial charge on any atom is 0.0984 e. The van der Waals surface area contributed by atoms with Gasteiger partial charge in [-0.05, 0) is 39.1 Å². The molecule has 4 atom stereocenters. The molecule has 0 amide bonds. The Balaban J connectivity index is 2.30. The zero-order chi connectivity index (χ0) is 16.7. The summed E-state index contributed by atoms with van der Waals surface area (Å²) in [7, 11) is 3.95. The fraction of sp³-hybridized carbons (Fsp3) is 0.400. The molecule has 0 spiro atoms. The third-order valence-corrected chi connectivity index (χ3v) is 4.37. The summed E-state index contributed by atoms with van der Waals surface area (Å²) in [5.41, 5.74) is 2.39. The van der Waals surface area contributed by atoms with Crippen LogP contribution in [-0.4, -0.2) is 26.2 Å². The summed E-state index contributed by atoms with van der Waals surface area (Å²) in [6.07, 6.45) is -0.0237. The molecule has 0 fully saturated rings. The van der Waals surface area contributed by atoms with Crippen molar-refractivity contribution in [2.45, 2.75) is 38.1 Å². The number of benzene rings is 2. The van der Waals surface area contributed by atoms with E-state index in [1.54, 1.807) is 0 Å². The zero-order valence-electron chi connectivity index (χ0n) is 14.5. The summed E-state index contributed by atoms with van der Waals surface area (Å²) in [6, 6.07) is 21.3. The van der Waals surface area contributed by atoms with Crippen LogP contribution in [0.4, 0.5) is 0 Å². The highest BCUT2D eigenvalue weighted by atomic mass is 16.5. The van der Waals surface area contributed by atoms with Gasteiger partial charge in [0.05, 0.1) is 12.2 Å². The molecule has 0 aromatic heterocycles. The van der Waals surface area contributed by atoms with Crippen molar-refractivity contribution < 1.29 is 4.74 Å². The van der Waals surface area contributed by atoms with Crippen LogP contribution in [-0.2, 0) is 4.74 Å². The SMILES string of the molecule is CNC(C)C(OC(c1ccccc1)C(C)NC)c1ccccc1. The first kappa shape index (κ1) is 17.7. The summed E-state index contributed by atoms with van der Waals surface area (Å²) < 4.78 is 6.60. The smallest absolute Gasteiger partial charge is 0.0984 e. The molecule has 0 saturated heterocycles. The Kier molecular flexibility index (Phi) is 6.78. The van der Waals surface area contributed by atoms with Crippen LogP contribution in [0.15, 0.2) is 60.7 Å². The lowest BCUT2D eigenvalue weighted by molar-refractivity contribution is -0.0452. The molecule has 0 radical (unpaired) electrons. The van der Waals surface area contributed by atoms with Gasteiger partial charge in [0.15, 0.2) is 0 Å². The largest absolute Gasteiger partial charge is 0.362 e. The van der Waals surface area contributed by atoms with Crippen molar-refractivity contribution in [3.05, 3.63) is 71.8 Å². The van der Waals surface area contributed by atoms with Crippen molar-refractivity contribution in [3.8, 4) is 0 Å². The molecule has 2 aromatic rings. The van der Waals surface area contributed by atoms with Gasteiger partial charge in [-0.25, -0.2) is 0 Å². The summed E-state index contributed by atoms with van der Waals surface area (Å²) in [6.45, 7) is 4.31. The molecule has 0 aliphatic carbocycles. The molecule has 3 heteroatoms. The third kappa shape index (κ3) is 4.64. The lowest BCUT2D eigenvalue weighted by Gasteiger charge is -2.32. The summed E-state index contributed by atoms with van der Waals surface area (Å²) in [4.78, 5) is 0. The van der Waals surface area contributed by atoms with Crippen LogP contribution < -0.4 is 10.6 Å². The predicted molar refractivity (Wildman–Crippen MR) is 96.5 cm³/mol. The molecular formula is C20H28N2O. The van der Waals surface area contributed by atoms with Crippen molar-refractivity contribution in [2.24, 2.45) is 0 Å². The molecule has 0 saturated carbocycles. The Hall–Kier alpha value is -1.68. The van der Waals surface area contributed by atoms with Crippen LogP contribution in [0.3, 0.4) is 0 Å². The first-order valence-corrected chi connectivity index (χ1v) is 8.27. The first-order chi connectivity index (χ1) is 11.2. The summed E-state index contributed by atoms with van der Waals surface area (Å²) in [5.74, 6) is 0. The molecule has 3 nitrogen and oxygen atoms in total. The fourth-order valence-corrected chi connectivity index (χ4v) is 2.72. The van der Waals surface area contributed by atoms with E-state index in [1.165, 1.54) is 11.1 Å². The van der Waals surface area contributed by atoms with Crippen LogP contribution >= 0.6 is 0 Å². The van der Waals surface area contributed by atoms with Crippen molar-refractivity contribution in [1.82, 2.24) is 10.6 Å². The van der Waals surface area contributed by atoms with Gasteiger partial charge >= 0.3 is 0 Å². The van der Waals surface area contributed by atoms with Crippen molar-refractivity contribution >= 4 is 0 Å². The highest BCUT2D eigenvalue weighted by Crippen LogP contribution is 2.31. The van der Waals surface area contributed by atoms with E-state index in [1.807, 2.05) is 26.2 Å². The van der Waals surface area contributed by atoms with Gasteiger partial charge in [0, 0.05) is 12.1 Å². The molecule has 0 heterocycles. The quantitative estimate of drug-likeness (QED) is 0.780. The first-order valence-electron chi connectivity index (χ1n) is 8.27. The Morgan fingerprint density at radius 2 is 1.00 bits per heavy atom. The standard InChI is InChI=1S/C20H28N2O/c1-15(21-3)19(17-11-7-5-8-12-17)23-20(16(2)22-4)18-13-9-6-10-14-18/h5-16,19-22H,1-4H3. The number of ether oxygens (including phenoxy) is 1. The minimum Gasteiger partial charge on any atom is -0.362 e. The van der Waals surface area contributed by atoms with E-state index in [2.05, 4.69) is 73.0 Å². The lowest BCUT2D eigenvalue weighted by Crippen LogP contribution is -2.36. The summed E-state index contributed by atoms with van der Waals surface area (Å²) >= 11 is 0. The second-order valence-corrected chi connectivity index (χ2v) is 5.95. The molecule has 2 rings (SSSR count). The van der Waals surface area contributed by atoms with Crippen LogP contribution in [0.1, 0.15) is 37.2 Å². The number of rotatable bonds is 8. The van der Waals surface area contributed by atoms with Gasteiger partial charge in [0.25, 0.3) is 0 Å². The monoisotopic (exact) mass is 312 g/mol. The average Bonchev–Trinajstić information content (AvgIpc) is 2.63. The van der Waals surface area contributed by atoms with Crippen LogP contribution in [0, 0.1) is 0 Å². The van der Waals surface area contributed by atoms with Gasteiger partial charge in [-0.15, -0.1) is 0 Å². The second kappa shape index (κ2) is 8.82. The van der Waals surface area contributed by atoms with Crippen molar-refractivity contribution in [2.75, 3.05) is 14.1 Å². The number of hydrogen-bond acceptors (Lipinski definition) is 3. The van der Waals surface area contributed by atoms with E-state index >= 15 is 0 Å². The van der Waals surface area contributed by atoms with E-state index in [0.29, 0.717) is 0 Å². The van der Waals surface area contributed by atoms with Gasteiger partial charge < -0.3 is 15.4 Å². The molecule has 0 aliphatic rings. The molecule has 124 valence electrons.